The lowest BCUT2D eigenvalue weighted by Gasteiger charge is -2.48. The molecular formula is C20H24N2O3. The van der Waals surface area contributed by atoms with E-state index < -0.39 is 11.6 Å². The van der Waals surface area contributed by atoms with E-state index in [-0.39, 0.29) is 24.2 Å². The van der Waals surface area contributed by atoms with Gasteiger partial charge >= 0.3 is 6.03 Å². The maximum atomic E-state index is 13.1. The first-order valence-electron chi connectivity index (χ1n) is 9.21. The molecule has 4 aliphatic rings. The lowest BCUT2D eigenvalue weighted by atomic mass is 9.59. The zero-order valence-corrected chi connectivity index (χ0v) is 14.5. The Balaban J connectivity index is 1.53. The number of ketones is 1. The van der Waals surface area contributed by atoms with Crippen molar-refractivity contribution in [3.8, 4) is 0 Å². The molecule has 132 valence electrons. The van der Waals surface area contributed by atoms with Crippen molar-refractivity contribution in [3.05, 3.63) is 35.9 Å². The second-order valence-corrected chi connectivity index (χ2v) is 7.94. The van der Waals surface area contributed by atoms with Gasteiger partial charge in [0, 0.05) is 5.56 Å². The number of urea groups is 1. The molecule has 2 bridgehead atoms. The largest absolute Gasteiger partial charge is 0.325 e. The molecule has 5 rings (SSSR count). The van der Waals surface area contributed by atoms with Crippen LogP contribution in [0.15, 0.2) is 30.3 Å². The van der Waals surface area contributed by atoms with Crippen molar-refractivity contribution in [1.29, 1.82) is 0 Å². The Hall–Kier alpha value is -2.17. The second-order valence-electron chi connectivity index (χ2n) is 7.94. The van der Waals surface area contributed by atoms with Crippen LogP contribution < -0.4 is 5.32 Å². The number of carbonyl (C=O) groups is 3. The predicted octanol–water partition coefficient (Wildman–Crippen LogP) is 3.01. The van der Waals surface area contributed by atoms with E-state index in [2.05, 4.69) is 5.32 Å². The molecule has 1 aromatic rings. The van der Waals surface area contributed by atoms with Crippen LogP contribution in [0.5, 0.6) is 0 Å². The molecule has 0 aromatic heterocycles. The minimum Gasteiger partial charge on any atom is -0.323 e. The normalized spacial score (nSPS) is 34.3. The Morgan fingerprint density at radius 1 is 1.16 bits per heavy atom. The molecule has 1 aliphatic heterocycles. The van der Waals surface area contributed by atoms with Crippen molar-refractivity contribution in [2.24, 2.45) is 17.8 Å². The molecule has 1 N–H and O–H groups in total. The van der Waals surface area contributed by atoms with Gasteiger partial charge in [-0.25, -0.2) is 4.79 Å². The molecule has 4 fully saturated rings. The highest BCUT2D eigenvalue weighted by Gasteiger charge is 2.56. The highest BCUT2D eigenvalue weighted by atomic mass is 16.2. The third-order valence-electron chi connectivity index (χ3n) is 6.49. The molecule has 25 heavy (non-hydrogen) atoms. The highest BCUT2D eigenvalue weighted by Crippen LogP contribution is 2.50. The van der Waals surface area contributed by atoms with Crippen molar-refractivity contribution in [1.82, 2.24) is 10.2 Å². The summed E-state index contributed by atoms with van der Waals surface area (Å²) in [6.45, 7) is 1.66. The van der Waals surface area contributed by atoms with Gasteiger partial charge in [0.2, 0.25) is 0 Å². The van der Waals surface area contributed by atoms with E-state index in [1.807, 2.05) is 13.0 Å². The number of carbonyl (C=O) groups excluding carboxylic acids is 3. The summed E-state index contributed by atoms with van der Waals surface area (Å²) < 4.78 is 0. The Kier molecular flexibility index (Phi) is 3.89. The highest BCUT2D eigenvalue weighted by molar-refractivity contribution is 6.11. The van der Waals surface area contributed by atoms with Gasteiger partial charge in [-0.05, 0) is 43.9 Å². The van der Waals surface area contributed by atoms with Crippen LogP contribution in [-0.4, -0.2) is 34.7 Å². The van der Waals surface area contributed by atoms with Gasteiger partial charge in [-0.15, -0.1) is 0 Å². The van der Waals surface area contributed by atoms with Gasteiger partial charge < -0.3 is 5.32 Å². The van der Waals surface area contributed by atoms with Crippen LogP contribution in [0.4, 0.5) is 4.79 Å². The van der Waals surface area contributed by atoms with Crippen LogP contribution in [0.3, 0.4) is 0 Å². The standard InChI is InChI=1S/C20H24N2O3/c1-20(16-11-13-7-9-14(16)10-8-13)18(24)22(19(25)21-20)12-17(23)15-5-3-2-4-6-15/h2-6,13-14,16H,7-12H2,1H3,(H,21,25)/t13-,14-,16?,20?. The van der Waals surface area contributed by atoms with E-state index in [1.54, 1.807) is 24.3 Å². The zero-order chi connectivity index (χ0) is 17.6. The smallest absolute Gasteiger partial charge is 0.323 e. The van der Waals surface area contributed by atoms with Crippen molar-refractivity contribution < 1.29 is 14.4 Å². The first kappa shape index (κ1) is 16.3. The quantitative estimate of drug-likeness (QED) is 0.677. The van der Waals surface area contributed by atoms with Gasteiger partial charge in [-0.2, -0.15) is 0 Å². The fourth-order valence-electron chi connectivity index (χ4n) is 5.05. The van der Waals surface area contributed by atoms with E-state index in [0.717, 1.165) is 24.2 Å². The zero-order valence-electron chi connectivity index (χ0n) is 14.5. The number of hydrogen-bond donors (Lipinski definition) is 1. The van der Waals surface area contributed by atoms with E-state index in [1.165, 1.54) is 12.8 Å². The molecule has 1 aromatic carbocycles. The minimum absolute atomic E-state index is 0.188. The number of benzene rings is 1. The number of fused-ring (bicyclic) bond motifs is 3. The minimum atomic E-state index is -0.863. The summed E-state index contributed by atoms with van der Waals surface area (Å²) in [7, 11) is 0. The lowest BCUT2D eigenvalue weighted by molar-refractivity contribution is -0.134. The molecule has 0 radical (unpaired) electrons. The monoisotopic (exact) mass is 340 g/mol. The van der Waals surface area contributed by atoms with Crippen LogP contribution >= 0.6 is 0 Å². The van der Waals surface area contributed by atoms with Crippen LogP contribution in [-0.2, 0) is 4.79 Å². The molecule has 2 unspecified atom stereocenters. The SMILES string of the molecule is CC1(C2C[C@H]3CC[C@H]2CC3)NC(=O)N(CC(=O)c2ccccc2)C1=O. The fraction of sp³-hybridized carbons (Fsp3) is 0.550. The average molecular weight is 340 g/mol. The molecule has 1 heterocycles. The van der Waals surface area contributed by atoms with Gasteiger partial charge in [0.25, 0.3) is 5.91 Å². The molecule has 3 saturated carbocycles. The van der Waals surface area contributed by atoms with E-state index in [9.17, 15) is 14.4 Å². The summed E-state index contributed by atoms with van der Waals surface area (Å²) in [6, 6.07) is 8.38. The summed E-state index contributed by atoms with van der Waals surface area (Å²) in [5.41, 5.74) is -0.342. The van der Waals surface area contributed by atoms with Gasteiger partial charge in [0.05, 0.1) is 6.54 Å². The van der Waals surface area contributed by atoms with Crippen molar-refractivity contribution in [2.45, 2.75) is 44.6 Å². The molecule has 1 saturated heterocycles. The van der Waals surface area contributed by atoms with Crippen molar-refractivity contribution >= 4 is 17.7 Å². The number of nitrogens with zero attached hydrogens (tertiary/aromatic N) is 1. The molecule has 5 heteroatoms. The van der Waals surface area contributed by atoms with Gasteiger partial charge in [-0.1, -0.05) is 43.2 Å². The molecule has 0 spiro atoms. The third kappa shape index (κ3) is 2.66. The Labute approximate surface area is 147 Å². The van der Waals surface area contributed by atoms with Gasteiger partial charge in [-0.3, -0.25) is 14.5 Å². The topological polar surface area (TPSA) is 66.5 Å². The van der Waals surface area contributed by atoms with Gasteiger partial charge in [0.1, 0.15) is 5.54 Å². The molecule has 3 amide bonds. The first-order valence-corrected chi connectivity index (χ1v) is 9.21. The Morgan fingerprint density at radius 3 is 2.44 bits per heavy atom. The summed E-state index contributed by atoms with van der Waals surface area (Å²) in [4.78, 5) is 39.1. The van der Waals surface area contributed by atoms with Gasteiger partial charge in [0.15, 0.2) is 5.78 Å². The number of hydrogen-bond acceptors (Lipinski definition) is 3. The lowest BCUT2D eigenvalue weighted by Crippen LogP contribution is -2.56. The molecule has 2 atom stereocenters. The number of rotatable bonds is 4. The maximum absolute atomic E-state index is 13.1. The van der Waals surface area contributed by atoms with E-state index in [4.69, 9.17) is 0 Å². The predicted molar refractivity (Wildman–Crippen MR) is 93.0 cm³/mol. The summed E-state index contributed by atoms with van der Waals surface area (Å²) in [6.07, 6.45) is 5.80. The third-order valence-corrected chi connectivity index (χ3v) is 6.49. The molecule has 3 aliphatic carbocycles. The maximum Gasteiger partial charge on any atom is 0.325 e. The number of nitrogens with one attached hydrogen (secondary N) is 1. The van der Waals surface area contributed by atoms with Crippen molar-refractivity contribution in [2.75, 3.05) is 6.54 Å². The molecular weight excluding hydrogens is 316 g/mol. The number of amides is 3. The van der Waals surface area contributed by atoms with E-state index in [0.29, 0.717) is 17.4 Å². The van der Waals surface area contributed by atoms with E-state index >= 15 is 0 Å². The first-order chi connectivity index (χ1) is 12.0. The van der Waals surface area contributed by atoms with Crippen molar-refractivity contribution in [3.63, 3.8) is 0 Å². The fourth-order valence-corrected chi connectivity index (χ4v) is 5.05. The number of imide groups is 1. The second kappa shape index (κ2) is 5.97. The van der Waals surface area contributed by atoms with Crippen LogP contribution in [0.1, 0.15) is 49.4 Å². The number of Topliss-reactive ketones (excluding diaryl/α,β-unsaturated/α-hetero) is 1. The summed E-state index contributed by atoms with van der Waals surface area (Å²) in [5.74, 6) is 0.923. The molecule has 5 nitrogen and oxygen atoms in total. The average Bonchev–Trinajstić information content (AvgIpc) is 2.87. The Morgan fingerprint density at radius 2 is 1.84 bits per heavy atom. The summed E-state index contributed by atoms with van der Waals surface area (Å²) >= 11 is 0. The van der Waals surface area contributed by atoms with Crippen LogP contribution in [0, 0.1) is 17.8 Å². The summed E-state index contributed by atoms with van der Waals surface area (Å²) in [5, 5.41) is 2.93. The van der Waals surface area contributed by atoms with Crippen LogP contribution in [0.25, 0.3) is 0 Å². The van der Waals surface area contributed by atoms with Crippen LogP contribution in [0.2, 0.25) is 0 Å². The Bertz CT molecular complexity index is 709.